The van der Waals surface area contributed by atoms with Crippen LogP contribution >= 0.6 is 0 Å². The predicted octanol–water partition coefficient (Wildman–Crippen LogP) is 4.21. The van der Waals surface area contributed by atoms with E-state index in [1.807, 2.05) is 0 Å². The molecule has 170 valence electrons. The first-order chi connectivity index (χ1) is 15.5. The van der Waals surface area contributed by atoms with Gasteiger partial charge >= 0.3 is 0 Å². The van der Waals surface area contributed by atoms with Gasteiger partial charge in [-0.3, -0.25) is 4.79 Å². The summed E-state index contributed by atoms with van der Waals surface area (Å²) in [5, 5.41) is 19.8. The highest BCUT2D eigenvalue weighted by atomic mass is 16.5. The lowest BCUT2D eigenvalue weighted by atomic mass is 10.0. The number of hydrogen-bond donors (Lipinski definition) is 2. The molecule has 0 bridgehead atoms. The average Bonchev–Trinajstić information content (AvgIpc) is 2.83. The van der Waals surface area contributed by atoms with E-state index in [9.17, 15) is 15.0 Å². The largest absolute Gasteiger partial charge is 0.508 e. The SMILES string of the molecule is COc1ccc(/C=C/C(=O)C(CCO)=C(O)/C=C/c2ccc(OC)c(OC)c2)cc1OC. The lowest BCUT2D eigenvalue weighted by Crippen LogP contribution is -2.04. The second-order valence-corrected chi connectivity index (χ2v) is 6.60. The third kappa shape index (κ3) is 6.39. The Balaban J connectivity index is 2.26. The molecule has 2 aromatic rings. The van der Waals surface area contributed by atoms with Gasteiger partial charge in [0.15, 0.2) is 28.8 Å². The molecule has 0 spiro atoms. The van der Waals surface area contributed by atoms with E-state index in [-0.39, 0.29) is 24.4 Å². The summed E-state index contributed by atoms with van der Waals surface area (Å²) in [5.41, 5.74) is 1.56. The van der Waals surface area contributed by atoms with Crippen molar-refractivity contribution in [2.45, 2.75) is 6.42 Å². The Morgan fingerprint density at radius 1 is 0.781 bits per heavy atom. The minimum atomic E-state index is -0.414. The maximum absolute atomic E-state index is 12.7. The van der Waals surface area contributed by atoms with Crippen molar-refractivity contribution < 1.29 is 34.0 Å². The normalized spacial score (nSPS) is 12.0. The summed E-state index contributed by atoms with van der Waals surface area (Å²) < 4.78 is 20.9. The van der Waals surface area contributed by atoms with Gasteiger partial charge in [0, 0.05) is 18.6 Å². The summed E-state index contributed by atoms with van der Waals surface area (Å²) in [6.45, 7) is -0.278. The molecule has 0 heterocycles. The predicted molar refractivity (Wildman–Crippen MR) is 124 cm³/mol. The molecule has 32 heavy (non-hydrogen) atoms. The van der Waals surface area contributed by atoms with Gasteiger partial charge in [0.05, 0.1) is 28.4 Å². The molecule has 0 aliphatic carbocycles. The molecule has 0 unspecified atom stereocenters. The summed E-state index contributed by atoms with van der Waals surface area (Å²) in [5.74, 6) is 1.60. The van der Waals surface area contributed by atoms with E-state index in [1.54, 1.807) is 62.8 Å². The quantitative estimate of drug-likeness (QED) is 0.307. The molecule has 0 amide bonds. The molecule has 0 fully saturated rings. The molecular formula is C25H28O7. The Labute approximate surface area is 187 Å². The highest BCUT2D eigenvalue weighted by molar-refractivity contribution is 6.07. The highest BCUT2D eigenvalue weighted by Gasteiger charge is 2.12. The van der Waals surface area contributed by atoms with E-state index in [4.69, 9.17) is 18.9 Å². The van der Waals surface area contributed by atoms with E-state index >= 15 is 0 Å². The molecule has 7 nitrogen and oxygen atoms in total. The maximum Gasteiger partial charge on any atom is 0.185 e. The van der Waals surface area contributed by atoms with E-state index in [0.29, 0.717) is 23.0 Å². The number of carbonyl (C=O) groups excluding carboxylic acids is 1. The number of carbonyl (C=O) groups is 1. The first-order valence-electron chi connectivity index (χ1n) is 9.84. The standard InChI is InChI=1S/C25H28O7/c1-29-22-11-7-17(15-24(22)31-3)5-9-20(27)19(13-14-26)21(28)10-6-18-8-12-23(30-2)25(16-18)32-4/h5-12,15-16,26-27H,13-14H2,1-4H3/b9-5+,10-6+,20-19?. The zero-order chi connectivity index (χ0) is 23.5. The lowest BCUT2D eigenvalue weighted by Gasteiger charge is -2.08. The first-order valence-corrected chi connectivity index (χ1v) is 9.84. The van der Waals surface area contributed by atoms with Crippen LogP contribution in [0.2, 0.25) is 0 Å². The molecule has 2 aromatic carbocycles. The molecule has 7 heteroatoms. The lowest BCUT2D eigenvalue weighted by molar-refractivity contribution is -0.111. The monoisotopic (exact) mass is 440 g/mol. The minimum Gasteiger partial charge on any atom is -0.508 e. The molecule has 2 N–H and O–H groups in total. The number of ether oxygens (including phenoxy) is 4. The zero-order valence-corrected chi connectivity index (χ0v) is 18.6. The van der Waals surface area contributed by atoms with Crippen molar-refractivity contribution in [1.29, 1.82) is 0 Å². The highest BCUT2D eigenvalue weighted by Crippen LogP contribution is 2.29. The number of aliphatic hydroxyl groups is 2. The van der Waals surface area contributed by atoms with Crippen LogP contribution in [-0.4, -0.2) is 51.0 Å². The zero-order valence-electron chi connectivity index (χ0n) is 18.6. The first kappa shape index (κ1) is 24.6. The molecular weight excluding hydrogens is 412 g/mol. The van der Waals surface area contributed by atoms with Crippen molar-refractivity contribution in [3.8, 4) is 23.0 Å². The molecule has 2 rings (SSSR count). The minimum absolute atomic E-state index is 0.0111. The van der Waals surface area contributed by atoms with Crippen LogP contribution in [0.25, 0.3) is 12.2 Å². The van der Waals surface area contributed by atoms with Crippen molar-refractivity contribution in [3.63, 3.8) is 0 Å². The third-order valence-corrected chi connectivity index (χ3v) is 4.64. The Bertz CT molecular complexity index is 1020. The fraction of sp³-hybridized carbons (Fsp3) is 0.240. The van der Waals surface area contributed by atoms with E-state index in [0.717, 1.165) is 11.1 Å². The summed E-state index contributed by atoms with van der Waals surface area (Å²) >= 11 is 0. The molecule has 0 aromatic heterocycles. The van der Waals surface area contributed by atoms with E-state index in [1.165, 1.54) is 26.4 Å². The fourth-order valence-electron chi connectivity index (χ4n) is 2.95. The number of aliphatic hydroxyl groups excluding tert-OH is 2. The number of allylic oxidation sites excluding steroid dienone is 2. The van der Waals surface area contributed by atoms with E-state index in [2.05, 4.69) is 0 Å². The van der Waals surface area contributed by atoms with Crippen LogP contribution in [0.15, 0.2) is 59.9 Å². The molecule has 0 atom stereocenters. The average molecular weight is 440 g/mol. The fourth-order valence-corrected chi connectivity index (χ4v) is 2.95. The molecule has 0 saturated carbocycles. The molecule has 0 radical (unpaired) electrons. The van der Waals surface area contributed by atoms with Crippen LogP contribution in [0.5, 0.6) is 23.0 Å². The third-order valence-electron chi connectivity index (χ3n) is 4.64. The second-order valence-electron chi connectivity index (χ2n) is 6.60. The van der Waals surface area contributed by atoms with Crippen LogP contribution in [0.3, 0.4) is 0 Å². The summed E-state index contributed by atoms with van der Waals surface area (Å²) in [6, 6.07) is 10.5. The number of methoxy groups -OCH3 is 4. The number of rotatable bonds is 11. The van der Waals surface area contributed by atoms with Crippen molar-refractivity contribution in [1.82, 2.24) is 0 Å². The van der Waals surface area contributed by atoms with Gasteiger partial charge in [-0.05, 0) is 47.5 Å². The molecule has 0 aliphatic rings. The van der Waals surface area contributed by atoms with Crippen LogP contribution < -0.4 is 18.9 Å². The van der Waals surface area contributed by atoms with Crippen molar-refractivity contribution in [3.05, 3.63) is 71.0 Å². The maximum atomic E-state index is 12.7. The Morgan fingerprint density at radius 2 is 1.25 bits per heavy atom. The Morgan fingerprint density at radius 3 is 1.69 bits per heavy atom. The van der Waals surface area contributed by atoms with Crippen molar-refractivity contribution in [2.24, 2.45) is 0 Å². The van der Waals surface area contributed by atoms with Gasteiger partial charge in [0.1, 0.15) is 5.76 Å². The summed E-state index contributed by atoms with van der Waals surface area (Å²) in [6.07, 6.45) is 6.01. The number of ketones is 1. The molecule has 0 saturated heterocycles. The van der Waals surface area contributed by atoms with Gasteiger partial charge in [-0.15, -0.1) is 0 Å². The topological polar surface area (TPSA) is 94.5 Å². The Hall–Kier alpha value is -3.71. The summed E-state index contributed by atoms with van der Waals surface area (Å²) in [4.78, 5) is 12.7. The smallest absolute Gasteiger partial charge is 0.185 e. The van der Waals surface area contributed by atoms with Gasteiger partial charge in [-0.1, -0.05) is 24.3 Å². The number of benzene rings is 2. The molecule has 0 aliphatic heterocycles. The van der Waals surface area contributed by atoms with Gasteiger partial charge in [-0.25, -0.2) is 0 Å². The van der Waals surface area contributed by atoms with Crippen molar-refractivity contribution in [2.75, 3.05) is 35.0 Å². The van der Waals surface area contributed by atoms with Crippen LogP contribution in [0.4, 0.5) is 0 Å². The Kier molecular flexibility index (Phi) is 9.38. The van der Waals surface area contributed by atoms with Gasteiger partial charge in [-0.2, -0.15) is 0 Å². The number of hydrogen-bond acceptors (Lipinski definition) is 7. The van der Waals surface area contributed by atoms with E-state index < -0.39 is 5.78 Å². The second kappa shape index (κ2) is 12.2. The van der Waals surface area contributed by atoms with Crippen LogP contribution in [0, 0.1) is 0 Å². The van der Waals surface area contributed by atoms with Gasteiger partial charge < -0.3 is 29.2 Å². The van der Waals surface area contributed by atoms with Crippen molar-refractivity contribution >= 4 is 17.9 Å². The van der Waals surface area contributed by atoms with Crippen LogP contribution in [-0.2, 0) is 4.79 Å². The summed E-state index contributed by atoms with van der Waals surface area (Å²) in [7, 11) is 6.15. The van der Waals surface area contributed by atoms with Gasteiger partial charge in [0.2, 0.25) is 0 Å². The van der Waals surface area contributed by atoms with Gasteiger partial charge in [0.25, 0.3) is 0 Å². The van der Waals surface area contributed by atoms with Crippen LogP contribution in [0.1, 0.15) is 17.5 Å².